The summed E-state index contributed by atoms with van der Waals surface area (Å²) in [5.41, 5.74) is -0.152. The summed E-state index contributed by atoms with van der Waals surface area (Å²) in [6, 6.07) is 5.24. The van der Waals surface area contributed by atoms with Crippen molar-refractivity contribution in [2.24, 2.45) is 0 Å². The van der Waals surface area contributed by atoms with Crippen LogP contribution in [0.3, 0.4) is 0 Å². The monoisotopic (exact) mass is 243 g/mol. The molecule has 1 aromatic rings. The zero-order valence-electron chi connectivity index (χ0n) is 10.5. The Morgan fingerprint density at radius 3 is 2.61 bits per heavy atom. The van der Waals surface area contributed by atoms with E-state index in [9.17, 15) is 4.79 Å². The van der Waals surface area contributed by atoms with Crippen LogP contribution in [0.25, 0.3) is 0 Å². The maximum atomic E-state index is 11.9. The maximum Gasteiger partial charge on any atom is 0.328 e. The third-order valence-corrected chi connectivity index (χ3v) is 2.05. The predicted molar refractivity (Wildman–Crippen MR) is 63.2 cm³/mol. The van der Waals surface area contributed by atoms with E-state index >= 15 is 0 Å². The lowest BCUT2D eigenvalue weighted by Crippen LogP contribution is -2.27. The first-order valence-electron chi connectivity index (χ1n) is 5.35. The molecule has 0 aliphatic carbocycles. The molecule has 0 radical (unpaired) electrons. The molecule has 5 heteroatoms. The van der Waals surface area contributed by atoms with Crippen LogP contribution < -0.4 is 0 Å². The van der Waals surface area contributed by atoms with E-state index in [1.54, 1.807) is 20.8 Å². The lowest BCUT2D eigenvalue weighted by molar-refractivity contribution is -0.155. The third-order valence-electron chi connectivity index (χ3n) is 2.05. The molecule has 0 aromatic carbocycles. The summed E-state index contributed by atoms with van der Waals surface area (Å²) >= 11 is 0. The number of nitrogens with zero attached hydrogens (tertiary/aromatic N) is 3. The average molecular weight is 243 g/mol. The molecule has 0 N–H and O–H groups in total. The number of ether oxygens (including phenoxy) is 1. The fourth-order valence-corrected chi connectivity index (χ4v) is 1.35. The van der Waals surface area contributed by atoms with Crippen molar-refractivity contribution >= 4 is 5.97 Å². The number of esters is 1. The van der Waals surface area contributed by atoms with E-state index < -0.39 is 17.5 Å². The minimum atomic E-state index is -1.13. The molecule has 0 amide bonds. The Morgan fingerprint density at radius 2 is 2.11 bits per heavy atom. The van der Waals surface area contributed by atoms with Gasteiger partial charge in [-0.1, -0.05) is 0 Å². The average Bonchev–Trinajstić information content (AvgIpc) is 2.28. The van der Waals surface area contributed by atoms with Gasteiger partial charge in [-0.05, 0) is 26.8 Å². The van der Waals surface area contributed by atoms with Crippen molar-refractivity contribution in [2.75, 3.05) is 0 Å². The van der Waals surface area contributed by atoms with Crippen molar-refractivity contribution in [2.45, 2.75) is 32.3 Å². The van der Waals surface area contributed by atoms with E-state index in [2.05, 4.69) is 4.98 Å². The molecule has 0 saturated carbocycles. The summed E-state index contributed by atoms with van der Waals surface area (Å²) in [6.07, 6.45) is 2.78. The molecule has 5 nitrogen and oxygen atoms in total. The molecule has 1 heterocycles. The molecule has 92 valence electrons. The highest BCUT2D eigenvalue weighted by atomic mass is 16.6. The molecular formula is C13H13N3O2. The van der Waals surface area contributed by atoms with E-state index in [1.165, 1.54) is 18.5 Å². The Kier molecular flexibility index (Phi) is 4.01. The fourth-order valence-electron chi connectivity index (χ4n) is 1.35. The second kappa shape index (κ2) is 5.29. The van der Waals surface area contributed by atoms with Crippen molar-refractivity contribution in [1.82, 2.24) is 4.98 Å². The van der Waals surface area contributed by atoms with Crippen molar-refractivity contribution in [3.8, 4) is 12.1 Å². The lowest BCUT2D eigenvalue weighted by Gasteiger charge is -2.21. The number of nitriles is 2. The first kappa shape index (κ1) is 13.7. The van der Waals surface area contributed by atoms with Gasteiger partial charge >= 0.3 is 5.97 Å². The smallest absolute Gasteiger partial charge is 0.328 e. The highest BCUT2D eigenvalue weighted by Crippen LogP contribution is 2.22. The van der Waals surface area contributed by atoms with Gasteiger partial charge in [-0.3, -0.25) is 9.78 Å². The zero-order valence-corrected chi connectivity index (χ0v) is 10.5. The minimum Gasteiger partial charge on any atom is -0.459 e. The van der Waals surface area contributed by atoms with Gasteiger partial charge in [0.15, 0.2) is 5.92 Å². The highest BCUT2D eigenvalue weighted by Gasteiger charge is 2.28. The van der Waals surface area contributed by atoms with Gasteiger partial charge in [0.25, 0.3) is 0 Å². The molecule has 0 spiro atoms. The zero-order chi connectivity index (χ0) is 13.8. The molecule has 1 atom stereocenters. The molecule has 0 aliphatic rings. The summed E-state index contributed by atoms with van der Waals surface area (Å²) in [6.45, 7) is 5.15. The topological polar surface area (TPSA) is 86.8 Å². The number of carbonyl (C=O) groups excluding carboxylic acids is 1. The molecule has 0 saturated heterocycles. The Morgan fingerprint density at radius 1 is 1.44 bits per heavy atom. The summed E-state index contributed by atoms with van der Waals surface area (Å²) in [5.74, 6) is -1.80. The fraction of sp³-hybridized carbons (Fsp3) is 0.385. The minimum absolute atomic E-state index is 0.252. The maximum absolute atomic E-state index is 11.9. The van der Waals surface area contributed by atoms with Crippen LogP contribution in [0.5, 0.6) is 0 Å². The van der Waals surface area contributed by atoms with Gasteiger partial charge in [0.1, 0.15) is 5.60 Å². The standard InChI is InChI=1S/C13H13N3O2/c1-13(2,3)18-12(17)10(7-15)11-8-16-5-4-9(11)6-14/h4-5,8,10H,1-3H3. The van der Waals surface area contributed by atoms with Crippen LogP contribution in [0.15, 0.2) is 18.5 Å². The third kappa shape index (κ3) is 3.29. The Hall–Kier alpha value is -2.40. The SMILES string of the molecule is CC(C)(C)OC(=O)C(C#N)c1cnccc1C#N. The van der Waals surface area contributed by atoms with Crippen LogP contribution in [0.1, 0.15) is 37.8 Å². The molecule has 0 bridgehead atoms. The van der Waals surface area contributed by atoms with E-state index in [-0.39, 0.29) is 11.1 Å². The molecule has 18 heavy (non-hydrogen) atoms. The molecule has 1 aromatic heterocycles. The van der Waals surface area contributed by atoms with Crippen molar-refractivity contribution in [3.63, 3.8) is 0 Å². The van der Waals surface area contributed by atoms with Gasteiger partial charge in [-0.15, -0.1) is 0 Å². The number of pyridine rings is 1. The van der Waals surface area contributed by atoms with E-state index in [1.807, 2.05) is 12.1 Å². The van der Waals surface area contributed by atoms with Crippen LogP contribution >= 0.6 is 0 Å². The van der Waals surface area contributed by atoms with E-state index in [0.717, 1.165) is 0 Å². The highest BCUT2D eigenvalue weighted by molar-refractivity contribution is 5.82. The molecule has 1 unspecified atom stereocenters. The summed E-state index contributed by atoms with van der Waals surface area (Å²) < 4.78 is 5.15. The summed E-state index contributed by atoms with van der Waals surface area (Å²) in [5, 5.41) is 18.0. The first-order valence-corrected chi connectivity index (χ1v) is 5.35. The van der Waals surface area contributed by atoms with Gasteiger partial charge in [0.05, 0.1) is 17.7 Å². The largest absolute Gasteiger partial charge is 0.459 e. The van der Waals surface area contributed by atoms with Crippen molar-refractivity contribution in [3.05, 3.63) is 29.6 Å². The molecule has 1 rings (SSSR count). The Labute approximate surface area is 106 Å². The van der Waals surface area contributed by atoms with Crippen LogP contribution in [-0.2, 0) is 9.53 Å². The summed E-state index contributed by atoms with van der Waals surface area (Å²) in [7, 11) is 0. The van der Waals surface area contributed by atoms with Crippen LogP contribution in [0.4, 0.5) is 0 Å². The number of hydrogen-bond donors (Lipinski definition) is 0. The molecule has 0 aliphatic heterocycles. The first-order chi connectivity index (χ1) is 8.39. The second-order valence-corrected chi connectivity index (χ2v) is 4.67. The van der Waals surface area contributed by atoms with Crippen molar-refractivity contribution in [1.29, 1.82) is 10.5 Å². The Bertz CT molecular complexity index is 532. The number of carbonyl (C=O) groups is 1. The van der Waals surface area contributed by atoms with Crippen LogP contribution in [0, 0.1) is 22.7 Å². The van der Waals surface area contributed by atoms with Crippen LogP contribution in [0.2, 0.25) is 0 Å². The predicted octanol–water partition coefficient (Wildman–Crippen LogP) is 1.90. The quantitative estimate of drug-likeness (QED) is 0.740. The Balaban J connectivity index is 3.09. The van der Waals surface area contributed by atoms with Crippen molar-refractivity contribution < 1.29 is 9.53 Å². The van der Waals surface area contributed by atoms with Gasteiger partial charge in [-0.25, -0.2) is 0 Å². The van der Waals surface area contributed by atoms with E-state index in [4.69, 9.17) is 15.3 Å². The lowest BCUT2D eigenvalue weighted by atomic mass is 9.98. The van der Waals surface area contributed by atoms with Gasteiger partial charge in [0, 0.05) is 18.0 Å². The number of rotatable bonds is 2. The number of hydrogen-bond acceptors (Lipinski definition) is 5. The van der Waals surface area contributed by atoms with Gasteiger partial charge in [-0.2, -0.15) is 10.5 Å². The second-order valence-electron chi connectivity index (χ2n) is 4.67. The van der Waals surface area contributed by atoms with Crippen LogP contribution in [-0.4, -0.2) is 16.6 Å². The van der Waals surface area contributed by atoms with E-state index in [0.29, 0.717) is 0 Å². The van der Waals surface area contributed by atoms with Gasteiger partial charge in [0.2, 0.25) is 0 Å². The number of aromatic nitrogens is 1. The molecular weight excluding hydrogens is 230 g/mol. The normalized spacial score (nSPS) is 12.1. The summed E-state index contributed by atoms with van der Waals surface area (Å²) in [4.78, 5) is 15.7. The van der Waals surface area contributed by atoms with Gasteiger partial charge < -0.3 is 4.74 Å². The molecule has 0 fully saturated rings.